The number of nitrogens with one attached hydrogen (secondary N) is 2. The van der Waals surface area contributed by atoms with E-state index in [1.54, 1.807) is 0 Å². The molecule has 0 bridgehead atoms. The van der Waals surface area contributed by atoms with Gasteiger partial charge in [0.1, 0.15) is 23.3 Å². The summed E-state index contributed by atoms with van der Waals surface area (Å²) in [4.78, 5) is 27.7. The van der Waals surface area contributed by atoms with Crippen LogP contribution in [0.1, 0.15) is 56.3 Å². The lowest BCUT2D eigenvalue weighted by Gasteiger charge is -2.34. The summed E-state index contributed by atoms with van der Waals surface area (Å²) in [6.07, 6.45) is 6.30. The molecule has 2 aliphatic heterocycles. The second-order valence-electron chi connectivity index (χ2n) is 11.7. The number of fused-ring (bicyclic) bond motifs is 1. The van der Waals surface area contributed by atoms with Gasteiger partial charge in [0, 0.05) is 26.2 Å². The summed E-state index contributed by atoms with van der Waals surface area (Å²) in [6.45, 7) is 7.79. The van der Waals surface area contributed by atoms with E-state index in [0.717, 1.165) is 56.7 Å². The molecule has 1 amide bonds. The Kier molecular flexibility index (Phi) is 5.40. The van der Waals surface area contributed by atoms with Crippen LogP contribution in [0.25, 0.3) is 0 Å². The van der Waals surface area contributed by atoms with Gasteiger partial charge in [-0.1, -0.05) is 6.07 Å². The lowest BCUT2D eigenvalue weighted by atomic mass is 9.93. The lowest BCUT2D eigenvalue weighted by molar-refractivity contribution is 0.102. The number of amides is 1. The average Bonchev–Trinajstić information content (AvgIpc) is 3.76. The smallest absolute Gasteiger partial charge is 0.260 e. The monoisotopic (exact) mass is 476 g/mol. The van der Waals surface area contributed by atoms with Crippen molar-refractivity contribution >= 4 is 29.2 Å². The van der Waals surface area contributed by atoms with Crippen LogP contribution in [0.3, 0.4) is 0 Å². The van der Waals surface area contributed by atoms with Gasteiger partial charge in [-0.15, -0.1) is 0 Å². The standard InChI is InChI=1S/C27H36N6O2/c1-26(2,17-34)31-22-7-6-20(24(29-22)32-12-10-27(8-9-27)11-13-32)25(35)30-21-4-3-5-23(28-21)33-15-18-14-19(18)16-33/h3-7,18-19,34H,8-17H2,1-2H3,(H,29,31)(H,28,30,35)/t18-,19+. The summed E-state index contributed by atoms with van der Waals surface area (Å²) in [6, 6.07) is 9.50. The molecular formula is C27H36N6O2. The summed E-state index contributed by atoms with van der Waals surface area (Å²) in [5.41, 5.74) is 0.585. The van der Waals surface area contributed by atoms with E-state index < -0.39 is 5.54 Å². The number of piperidine rings is 2. The minimum Gasteiger partial charge on any atom is -0.394 e. The van der Waals surface area contributed by atoms with Crippen molar-refractivity contribution in [2.24, 2.45) is 17.3 Å². The topological polar surface area (TPSA) is 93.6 Å². The third kappa shape index (κ3) is 4.68. The highest BCUT2D eigenvalue weighted by Gasteiger charge is 2.46. The first-order valence-electron chi connectivity index (χ1n) is 13.0. The predicted molar refractivity (Wildman–Crippen MR) is 138 cm³/mol. The molecule has 8 heteroatoms. The molecule has 1 spiro atoms. The molecule has 0 radical (unpaired) electrons. The van der Waals surface area contributed by atoms with Gasteiger partial charge in [0.2, 0.25) is 0 Å². The number of aromatic nitrogens is 2. The van der Waals surface area contributed by atoms with Gasteiger partial charge in [0.25, 0.3) is 5.91 Å². The van der Waals surface area contributed by atoms with Crippen molar-refractivity contribution in [2.45, 2.75) is 51.5 Å². The van der Waals surface area contributed by atoms with Crippen LogP contribution in [0.2, 0.25) is 0 Å². The van der Waals surface area contributed by atoms with Crippen LogP contribution in [0, 0.1) is 17.3 Å². The van der Waals surface area contributed by atoms with Crippen LogP contribution >= 0.6 is 0 Å². The minimum atomic E-state index is -0.505. The SMILES string of the molecule is CC(C)(CO)Nc1ccc(C(=O)Nc2cccc(N3C[C@H]4C[C@H]4C3)n2)c(N2CCC3(CC2)CC3)n1. The maximum absolute atomic E-state index is 13.5. The molecule has 2 aromatic rings. The number of anilines is 4. The number of aliphatic hydroxyl groups excluding tert-OH is 1. The maximum Gasteiger partial charge on any atom is 0.260 e. The molecule has 6 rings (SSSR count). The fourth-order valence-electron chi connectivity index (χ4n) is 5.63. The van der Waals surface area contributed by atoms with Gasteiger partial charge in [-0.25, -0.2) is 9.97 Å². The van der Waals surface area contributed by atoms with E-state index in [1.165, 1.54) is 19.3 Å². The van der Waals surface area contributed by atoms with Gasteiger partial charge in [0.05, 0.1) is 17.7 Å². The molecule has 2 aliphatic carbocycles. The molecule has 4 aliphatic rings. The quantitative estimate of drug-likeness (QED) is 0.560. The molecule has 35 heavy (non-hydrogen) atoms. The largest absolute Gasteiger partial charge is 0.394 e. The van der Waals surface area contributed by atoms with Crippen LogP contribution in [0.4, 0.5) is 23.3 Å². The van der Waals surface area contributed by atoms with Crippen LogP contribution < -0.4 is 20.4 Å². The predicted octanol–water partition coefficient (Wildman–Crippen LogP) is 3.75. The molecule has 2 saturated heterocycles. The molecule has 4 heterocycles. The van der Waals surface area contributed by atoms with Crippen LogP contribution in [0.5, 0.6) is 0 Å². The van der Waals surface area contributed by atoms with Crippen molar-refractivity contribution in [2.75, 3.05) is 53.2 Å². The average molecular weight is 477 g/mol. The molecule has 2 saturated carbocycles. The molecule has 186 valence electrons. The number of pyridine rings is 2. The van der Waals surface area contributed by atoms with Gasteiger partial charge in [-0.2, -0.15) is 0 Å². The zero-order chi connectivity index (χ0) is 24.2. The van der Waals surface area contributed by atoms with Crippen molar-refractivity contribution in [3.8, 4) is 0 Å². The molecular weight excluding hydrogens is 440 g/mol. The third-order valence-electron chi connectivity index (χ3n) is 8.34. The normalized spacial score (nSPS) is 24.3. The molecule has 2 aromatic heterocycles. The lowest BCUT2D eigenvalue weighted by Crippen LogP contribution is -2.38. The van der Waals surface area contributed by atoms with Crippen molar-refractivity contribution in [1.29, 1.82) is 0 Å². The zero-order valence-electron chi connectivity index (χ0n) is 20.8. The number of carbonyl (C=O) groups is 1. The number of hydrogen-bond donors (Lipinski definition) is 3. The number of carbonyl (C=O) groups excluding carboxylic acids is 1. The van der Waals surface area contributed by atoms with Crippen molar-refractivity contribution in [3.63, 3.8) is 0 Å². The number of nitrogens with zero attached hydrogens (tertiary/aromatic N) is 4. The highest BCUT2D eigenvalue weighted by Crippen LogP contribution is 2.54. The van der Waals surface area contributed by atoms with E-state index in [2.05, 4.69) is 20.4 Å². The molecule has 0 aromatic carbocycles. The van der Waals surface area contributed by atoms with Crippen molar-refractivity contribution in [1.82, 2.24) is 9.97 Å². The van der Waals surface area contributed by atoms with E-state index >= 15 is 0 Å². The number of aliphatic hydroxyl groups is 1. The Morgan fingerprint density at radius 3 is 2.46 bits per heavy atom. The van der Waals surface area contributed by atoms with Crippen LogP contribution in [0.15, 0.2) is 30.3 Å². The van der Waals surface area contributed by atoms with Crippen LogP contribution in [-0.4, -0.2) is 59.3 Å². The second kappa shape index (κ2) is 8.36. The Balaban J connectivity index is 1.23. The summed E-state index contributed by atoms with van der Waals surface area (Å²) in [5.74, 6) is 4.32. The van der Waals surface area contributed by atoms with E-state index in [9.17, 15) is 9.90 Å². The summed E-state index contributed by atoms with van der Waals surface area (Å²) < 4.78 is 0. The fourth-order valence-corrected chi connectivity index (χ4v) is 5.63. The highest BCUT2D eigenvalue weighted by atomic mass is 16.3. The third-order valence-corrected chi connectivity index (χ3v) is 8.34. The first kappa shape index (κ1) is 22.6. The second-order valence-corrected chi connectivity index (χ2v) is 11.7. The van der Waals surface area contributed by atoms with E-state index in [1.807, 2.05) is 44.2 Å². The van der Waals surface area contributed by atoms with Gasteiger partial charge >= 0.3 is 0 Å². The van der Waals surface area contributed by atoms with Gasteiger partial charge in [0.15, 0.2) is 0 Å². The van der Waals surface area contributed by atoms with Crippen molar-refractivity contribution in [3.05, 3.63) is 35.9 Å². The maximum atomic E-state index is 13.5. The summed E-state index contributed by atoms with van der Waals surface area (Å²) in [7, 11) is 0. The molecule has 3 N–H and O–H groups in total. The van der Waals surface area contributed by atoms with Crippen molar-refractivity contribution < 1.29 is 9.90 Å². The Morgan fingerprint density at radius 1 is 1.03 bits per heavy atom. The van der Waals surface area contributed by atoms with E-state index in [0.29, 0.717) is 28.4 Å². The van der Waals surface area contributed by atoms with Gasteiger partial charge in [-0.05, 0) is 87.5 Å². The highest BCUT2D eigenvalue weighted by molar-refractivity contribution is 6.07. The number of rotatable bonds is 7. The molecule has 0 unspecified atom stereocenters. The van der Waals surface area contributed by atoms with Crippen LogP contribution in [-0.2, 0) is 0 Å². The van der Waals surface area contributed by atoms with E-state index in [4.69, 9.17) is 9.97 Å². The first-order valence-corrected chi connectivity index (χ1v) is 13.0. The first-order chi connectivity index (χ1) is 16.8. The molecule has 4 fully saturated rings. The number of hydrogen-bond acceptors (Lipinski definition) is 7. The van der Waals surface area contributed by atoms with Gasteiger partial charge < -0.3 is 25.5 Å². The Hall–Kier alpha value is -2.87. The Bertz CT molecular complexity index is 1110. The molecule has 2 atom stereocenters. The summed E-state index contributed by atoms with van der Waals surface area (Å²) >= 11 is 0. The summed E-state index contributed by atoms with van der Waals surface area (Å²) in [5, 5.41) is 16.0. The zero-order valence-corrected chi connectivity index (χ0v) is 20.8. The molecule has 8 nitrogen and oxygen atoms in total. The Labute approximate surface area is 207 Å². The van der Waals surface area contributed by atoms with E-state index in [-0.39, 0.29) is 12.5 Å². The van der Waals surface area contributed by atoms with Gasteiger partial charge in [-0.3, -0.25) is 4.79 Å². The Morgan fingerprint density at radius 2 is 1.77 bits per heavy atom. The minimum absolute atomic E-state index is 0.0149. The fraction of sp³-hybridized carbons (Fsp3) is 0.593.